The Morgan fingerprint density at radius 3 is 2.71 bits per heavy atom. The van der Waals surface area contributed by atoms with Crippen molar-refractivity contribution in [1.29, 1.82) is 0 Å². The highest BCUT2D eigenvalue weighted by Gasteiger charge is 2.07. The smallest absolute Gasteiger partial charge is 0.252 e. The van der Waals surface area contributed by atoms with Gasteiger partial charge in [0.25, 0.3) is 5.56 Å². The molecule has 124 valence electrons. The van der Waals surface area contributed by atoms with Gasteiger partial charge in [-0.15, -0.1) is 0 Å². The van der Waals surface area contributed by atoms with E-state index in [9.17, 15) is 4.79 Å². The van der Waals surface area contributed by atoms with Crippen molar-refractivity contribution in [3.63, 3.8) is 0 Å². The summed E-state index contributed by atoms with van der Waals surface area (Å²) < 4.78 is 1.73. The molecule has 0 atom stereocenters. The number of hydrogen-bond acceptors (Lipinski definition) is 4. The van der Waals surface area contributed by atoms with E-state index in [2.05, 4.69) is 48.2 Å². The van der Waals surface area contributed by atoms with Gasteiger partial charge in [-0.05, 0) is 49.6 Å². The molecule has 2 aromatic heterocycles. The molecular formula is C19H22N4O. The summed E-state index contributed by atoms with van der Waals surface area (Å²) in [4.78, 5) is 21.1. The Bertz CT molecular complexity index is 930. The average Bonchev–Trinajstić information content (AvgIpc) is 2.57. The van der Waals surface area contributed by atoms with Gasteiger partial charge in [0.15, 0.2) is 0 Å². The summed E-state index contributed by atoms with van der Waals surface area (Å²) in [5.74, 6) is 0.501. The molecule has 3 rings (SSSR count). The standard InChI is InChI=1S/C19H22N4O/c1-4-5-10-23-17(24)9-7-15-12-20-19(22-18(15)23)21-16-8-6-13(2)14(3)11-16/h6-9,11-12H,4-5,10H2,1-3H3,(H,20,21,22). The minimum absolute atomic E-state index is 0.0215. The predicted molar refractivity (Wildman–Crippen MR) is 97.9 cm³/mol. The van der Waals surface area contributed by atoms with Crippen molar-refractivity contribution in [2.24, 2.45) is 0 Å². The van der Waals surface area contributed by atoms with E-state index >= 15 is 0 Å². The van der Waals surface area contributed by atoms with Gasteiger partial charge in [-0.1, -0.05) is 19.4 Å². The summed E-state index contributed by atoms with van der Waals surface area (Å²) in [5.41, 5.74) is 4.05. The van der Waals surface area contributed by atoms with Crippen LogP contribution < -0.4 is 10.9 Å². The number of rotatable bonds is 5. The monoisotopic (exact) mass is 322 g/mol. The second kappa shape index (κ2) is 6.83. The number of aromatic nitrogens is 3. The average molecular weight is 322 g/mol. The summed E-state index contributed by atoms with van der Waals surface area (Å²) in [7, 11) is 0. The number of pyridine rings is 1. The van der Waals surface area contributed by atoms with Crippen LogP contribution in [0.1, 0.15) is 30.9 Å². The number of nitrogens with zero attached hydrogens (tertiary/aromatic N) is 3. The first kappa shape index (κ1) is 16.2. The Labute approximate surface area is 141 Å². The molecule has 0 radical (unpaired) electrons. The second-order valence-electron chi connectivity index (χ2n) is 6.07. The maximum Gasteiger partial charge on any atom is 0.252 e. The van der Waals surface area contributed by atoms with Crippen molar-refractivity contribution in [1.82, 2.24) is 14.5 Å². The lowest BCUT2D eigenvalue weighted by atomic mass is 10.1. The van der Waals surface area contributed by atoms with Gasteiger partial charge < -0.3 is 5.32 Å². The van der Waals surface area contributed by atoms with Crippen LogP contribution in [0.4, 0.5) is 11.6 Å². The van der Waals surface area contributed by atoms with Gasteiger partial charge in [0.05, 0.1) is 0 Å². The van der Waals surface area contributed by atoms with E-state index in [0.29, 0.717) is 18.1 Å². The lowest BCUT2D eigenvalue weighted by Crippen LogP contribution is -2.20. The van der Waals surface area contributed by atoms with E-state index in [1.54, 1.807) is 22.9 Å². The molecule has 3 aromatic rings. The normalized spacial score (nSPS) is 11.0. The molecule has 24 heavy (non-hydrogen) atoms. The van der Waals surface area contributed by atoms with Crippen molar-refractivity contribution in [3.8, 4) is 0 Å². The van der Waals surface area contributed by atoms with Gasteiger partial charge in [0.1, 0.15) is 5.65 Å². The molecule has 0 amide bonds. The molecule has 5 nitrogen and oxygen atoms in total. The van der Waals surface area contributed by atoms with Gasteiger partial charge in [0, 0.05) is 29.9 Å². The molecule has 0 spiro atoms. The Hall–Kier alpha value is -2.69. The number of nitrogens with one attached hydrogen (secondary N) is 1. The summed E-state index contributed by atoms with van der Waals surface area (Å²) in [5, 5.41) is 4.10. The van der Waals surface area contributed by atoms with Crippen LogP contribution in [0.15, 0.2) is 41.3 Å². The molecule has 0 aliphatic carbocycles. The van der Waals surface area contributed by atoms with Crippen LogP contribution >= 0.6 is 0 Å². The summed E-state index contributed by atoms with van der Waals surface area (Å²) in [6.07, 6.45) is 3.73. The van der Waals surface area contributed by atoms with E-state index in [0.717, 1.165) is 23.9 Å². The molecule has 0 bridgehead atoms. The zero-order valence-electron chi connectivity index (χ0n) is 14.3. The van der Waals surface area contributed by atoms with Crippen LogP contribution in [0.3, 0.4) is 0 Å². The molecule has 0 fully saturated rings. The van der Waals surface area contributed by atoms with E-state index < -0.39 is 0 Å². The fourth-order valence-electron chi connectivity index (χ4n) is 2.61. The third-order valence-electron chi connectivity index (χ3n) is 4.22. The van der Waals surface area contributed by atoms with Crippen LogP contribution in [-0.2, 0) is 6.54 Å². The third kappa shape index (κ3) is 3.30. The van der Waals surface area contributed by atoms with Gasteiger partial charge in [-0.2, -0.15) is 4.98 Å². The van der Waals surface area contributed by atoms with Gasteiger partial charge in [-0.3, -0.25) is 9.36 Å². The van der Waals surface area contributed by atoms with E-state index in [1.165, 1.54) is 11.1 Å². The van der Waals surface area contributed by atoms with Crippen molar-refractivity contribution in [2.45, 2.75) is 40.2 Å². The van der Waals surface area contributed by atoms with Crippen molar-refractivity contribution in [3.05, 3.63) is 58.0 Å². The van der Waals surface area contributed by atoms with Crippen molar-refractivity contribution < 1.29 is 0 Å². The number of unbranched alkanes of at least 4 members (excludes halogenated alkanes) is 1. The maximum absolute atomic E-state index is 12.2. The fourth-order valence-corrected chi connectivity index (χ4v) is 2.61. The SMILES string of the molecule is CCCCn1c(=O)ccc2cnc(Nc3ccc(C)c(C)c3)nc21. The number of anilines is 2. The highest BCUT2D eigenvalue weighted by atomic mass is 16.1. The topological polar surface area (TPSA) is 59.8 Å². The number of benzene rings is 1. The number of fused-ring (bicyclic) bond motifs is 1. The first-order valence-electron chi connectivity index (χ1n) is 8.29. The largest absolute Gasteiger partial charge is 0.324 e. The summed E-state index contributed by atoms with van der Waals surface area (Å²) in [6, 6.07) is 9.50. The van der Waals surface area contributed by atoms with E-state index in [-0.39, 0.29) is 5.56 Å². The highest BCUT2D eigenvalue weighted by Crippen LogP contribution is 2.19. The van der Waals surface area contributed by atoms with Gasteiger partial charge >= 0.3 is 0 Å². The van der Waals surface area contributed by atoms with Gasteiger partial charge in [0.2, 0.25) is 5.95 Å². The molecular weight excluding hydrogens is 300 g/mol. The molecule has 0 unspecified atom stereocenters. The Morgan fingerprint density at radius 1 is 1.12 bits per heavy atom. The molecule has 0 saturated heterocycles. The molecule has 2 heterocycles. The van der Waals surface area contributed by atoms with Crippen LogP contribution in [0.2, 0.25) is 0 Å². The quantitative estimate of drug-likeness (QED) is 0.772. The van der Waals surface area contributed by atoms with Crippen molar-refractivity contribution >= 4 is 22.7 Å². The lowest BCUT2D eigenvalue weighted by molar-refractivity contribution is 0.627. The third-order valence-corrected chi connectivity index (χ3v) is 4.22. The zero-order valence-corrected chi connectivity index (χ0v) is 14.3. The zero-order chi connectivity index (χ0) is 17.1. The van der Waals surface area contributed by atoms with Crippen LogP contribution in [-0.4, -0.2) is 14.5 Å². The first-order valence-corrected chi connectivity index (χ1v) is 8.29. The van der Waals surface area contributed by atoms with E-state index in [1.807, 2.05) is 6.07 Å². The lowest BCUT2D eigenvalue weighted by Gasteiger charge is -2.11. The summed E-state index contributed by atoms with van der Waals surface area (Å²) in [6.45, 7) is 6.94. The molecule has 0 saturated carbocycles. The Kier molecular flexibility index (Phi) is 4.60. The number of hydrogen-bond donors (Lipinski definition) is 1. The number of aryl methyl sites for hydroxylation is 3. The molecule has 0 aliphatic rings. The summed E-state index contributed by atoms with van der Waals surface area (Å²) >= 11 is 0. The van der Waals surface area contributed by atoms with Gasteiger partial charge in [-0.25, -0.2) is 4.98 Å². The molecule has 1 aromatic carbocycles. The van der Waals surface area contributed by atoms with E-state index in [4.69, 9.17) is 0 Å². The highest BCUT2D eigenvalue weighted by molar-refractivity contribution is 5.75. The van der Waals surface area contributed by atoms with Crippen LogP contribution in [0.25, 0.3) is 11.0 Å². The minimum atomic E-state index is -0.0215. The second-order valence-corrected chi connectivity index (χ2v) is 6.07. The van der Waals surface area contributed by atoms with Crippen molar-refractivity contribution in [2.75, 3.05) is 5.32 Å². The maximum atomic E-state index is 12.2. The molecule has 5 heteroatoms. The minimum Gasteiger partial charge on any atom is -0.324 e. The predicted octanol–water partition coefficient (Wildman–Crippen LogP) is 3.95. The molecule has 1 N–H and O–H groups in total. The Balaban J connectivity index is 2.00. The Morgan fingerprint density at radius 2 is 1.96 bits per heavy atom. The van der Waals surface area contributed by atoms with Crippen LogP contribution in [0, 0.1) is 13.8 Å². The fraction of sp³-hybridized carbons (Fsp3) is 0.316. The van der Waals surface area contributed by atoms with Crippen LogP contribution in [0.5, 0.6) is 0 Å². The first-order chi connectivity index (χ1) is 11.6. The molecule has 0 aliphatic heterocycles.